The minimum Gasteiger partial charge on any atom is -0.463 e. The number of thioether (sulfide) groups is 2. The number of rotatable bonds is 13. The number of carbonyl (C=O) groups is 2. The van der Waals surface area contributed by atoms with Crippen molar-refractivity contribution in [3.63, 3.8) is 0 Å². The van der Waals surface area contributed by atoms with Gasteiger partial charge < -0.3 is 34.1 Å². The number of hydrogen-bond donors (Lipinski definition) is 2. The van der Waals surface area contributed by atoms with Crippen LogP contribution in [0.2, 0.25) is 0 Å². The second-order valence-electron chi connectivity index (χ2n) is 6.13. The number of esters is 1. The lowest BCUT2D eigenvalue weighted by Gasteiger charge is -2.38. The van der Waals surface area contributed by atoms with Crippen LogP contribution in [0.1, 0.15) is 20.3 Å². The molecule has 11 heteroatoms. The van der Waals surface area contributed by atoms with Crippen molar-refractivity contribution in [3.05, 3.63) is 0 Å². The van der Waals surface area contributed by atoms with Crippen molar-refractivity contribution in [2.24, 2.45) is 0 Å². The molecule has 1 aliphatic rings. The highest BCUT2D eigenvalue weighted by Crippen LogP contribution is 2.35. The van der Waals surface area contributed by atoms with Gasteiger partial charge in [0.15, 0.2) is 0 Å². The fraction of sp³-hybridized carbons (Fsp3) is 0.882. The van der Waals surface area contributed by atoms with E-state index in [4.69, 9.17) is 23.7 Å². The van der Waals surface area contributed by atoms with Crippen LogP contribution in [0.3, 0.4) is 0 Å². The van der Waals surface area contributed by atoms with E-state index in [0.29, 0.717) is 0 Å². The van der Waals surface area contributed by atoms with Crippen LogP contribution in [0.25, 0.3) is 0 Å². The Kier molecular flexibility index (Phi) is 13.1. The van der Waals surface area contributed by atoms with E-state index in [-0.39, 0.29) is 30.7 Å². The molecule has 0 unspecified atom stereocenters. The molecule has 0 aromatic heterocycles. The van der Waals surface area contributed by atoms with E-state index in [0.717, 1.165) is 17.9 Å². The van der Waals surface area contributed by atoms with Gasteiger partial charge in [-0.2, -0.15) is 0 Å². The van der Waals surface area contributed by atoms with Crippen molar-refractivity contribution in [2.75, 3.05) is 45.9 Å². The number of aliphatic hydroxyl groups is 1. The lowest BCUT2D eigenvalue weighted by molar-refractivity contribution is -0.201. The number of hydrogen-bond acceptors (Lipinski definition) is 10. The van der Waals surface area contributed by atoms with Crippen LogP contribution in [0.4, 0.5) is 0 Å². The van der Waals surface area contributed by atoms with Crippen LogP contribution in [0.5, 0.6) is 0 Å². The Bertz CT molecular complexity index is 464. The summed E-state index contributed by atoms with van der Waals surface area (Å²) in [5, 5.41) is 14.0. The van der Waals surface area contributed by atoms with Crippen molar-refractivity contribution in [1.29, 1.82) is 0 Å². The largest absolute Gasteiger partial charge is 0.463 e. The van der Waals surface area contributed by atoms with Crippen molar-refractivity contribution >= 4 is 35.4 Å². The van der Waals surface area contributed by atoms with Gasteiger partial charge in [0, 0.05) is 28.1 Å². The van der Waals surface area contributed by atoms with Crippen LogP contribution >= 0.6 is 23.5 Å². The number of ether oxygens (including phenoxy) is 5. The van der Waals surface area contributed by atoms with E-state index >= 15 is 0 Å². The van der Waals surface area contributed by atoms with Crippen molar-refractivity contribution in [1.82, 2.24) is 5.32 Å². The average molecular weight is 442 g/mol. The van der Waals surface area contributed by atoms with Gasteiger partial charge in [-0.1, -0.05) is 0 Å². The molecule has 28 heavy (non-hydrogen) atoms. The molecule has 1 amide bonds. The molecular weight excluding hydrogens is 410 g/mol. The number of amides is 1. The average Bonchev–Trinajstić information content (AvgIpc) is 2.67. The maximum Gasteiger partial charge on any atom is 0.302 e. The predicted octanol–water partition coefficient (Wildman–Crippen LogP) is 0.590. The fourth-order valence-electron chi connectivity index (χ4n) is 2.63. The van der Waals surface area contributed by atoms with E-state index in [9.17, 15) is 14.7 Å². The van der Waals surface area contributed by atoms with Crippen molar-refractivity contribution in [2.45, 2.75) is 49.2 Å². The number of aliphatic hydroxyl groups excluding tert-OH is 1. The van der Waals surface area contributed by atoms with Gasteiger partial charge in [0.1, 0.15) is 38.5 Å². The van der Waals surface area contributed by atoms with Crippen molar-refractivity contribution in [3.8, 4) is 0 Å². The molecule has 0 bridgehead atoms. The summed E-state index contributed by atoms with van der Waals surface area (Å²) in [5.74, 6) is 1.15. The molecule has 0 saturated carbocycles. The quantitative estimate of drug-likeness (QED) is 0.311. The van der Waals surface area contributed by atoms with Crippen LogP contribution < -0.4 is 5.32 Å². The minimum absolute atomic E-state index is 0.0434. The molecule has 1 saturated heterocycles. The number of methoxy groups -OCH3 is 2. The SMILES string of the molecule is COCO[C@@H]([C@H](O)[C@@H](NC(C)=O)C1SCCCS1)[C@@H](COC(C)=O)OCOC. The number of carbonyl (C=O) groups excluding carboxylic acids is 2. The van der Waals surface area contributed by atoms with Crippen LogP contribution in [-0.4, -0.2) is 91.8 Å². The maximum atomic E-state index is 11.8. The molecule has 9 nitrogen and oxygen atoms in total. The monoisotopic (exact) mass is 441 g/mol. The van der Waals surface area contributed by atoms with E-state index in [1.54, 1.807) is 23.5 Å². The Labute approximate surface area is 174 Å². The summed E-state index contributed by atoms with van der Waals surface area (Å²) >= 11 is 3.36. The summed E-state index contributed by atoms with van der Waals surface area (Å²) in [4.78, 5) is 23.0. The lowest BCUT2D eigenvalue weighted by Crippen LogP contribution is -2.57. The van der Waals surface area contributed by atoms with Gasteiger partial charge in [0.2, 0.25) is 5.91 Å². The van der Waals surface area contributed by atoms with Crippen LogP contribution in [-0.2, 0) is 33.3 Å². The highest BCUT2D eigenvalue weighted by molar-refractivity contribution is 8.17. The van der Waals surface area contributed by atoms with E-state index in [1.165, 1.54) is 28.1 Å². The molecular formula is C17H31NO8S2. The molecule has 1 heterocycles. The van der Waals surface area contributed by atoms with Gasteiger partial charge in [0.05, 0.1) is 10.6 Å². The zero-order valence-electron chi connectivity index (χ0n) is 16.8. The first-order chi connectivity index (χ1) is 13.4. The first-order valence-corrected chi connectivity index (χ1v) is 11.0. The topological polar surface area (TPSA) is 113 Å². The first kappa shape index (κ1) is 25.5. The predicted molar refractivity (Wildman–Crippen MR) is 107 cm³/mol. The third-order valence-electron chi connectivity index (χ3n) is 3.82. The third-order valence-corrected chi connectivity index (χ3v) is 6.92. The van der Waals surface area contributed by atoms with E-state index in [1.807, 2.05) is 0 Å². The van der Waals surface area contributed by atoms with Gasteiger partial charge >= 0.3 is 5.97 Å². The normalized spacial score (nSPS) is 19.5. The molecule has 0 aromatic carbocycles. The minimum atomic E-state index is -1.13. The maximum absolute atomic E-state index is 11.8. The Hall–Kier alpha value is -0.560. The van der Waals surface area contributed by atoms with Gasteiger partial charge in [-0.25, -0.2) is 0 Å². The smallest absolute Gasteiger partial charge is 0.302 e. The first-order valence-electron chi connectivity index (χ1n) is 8.93. The molecule has 4 atom stereocenters. The molecule has 1 rings (SSSR count). The Morgan fingerprint density at radius 1 is 1.11 bits per heavy atom. The van der Waals surface area contributed by atoms with Gasteiger partial charge in [0.25, 0.3) is 0 Å². The van der Waals surface area contributed by atoms with E-state index < -0.39 is 30.3 Å². The zero-order valence-corrected chi connectivity index (χ0v) is 18.4. The highest BCUT2D eigenvalue weighted by Gasteiger charge is 2.41. The number of nitrogens with one attached hydrogen (secondary N) is 1. The van der Waals surface area contributed by atoms with Gasteiger partial charge in [-0.05, 0) is 17.9 Å². The van der Waals surface area contributed by atoms with Crippen LogP contribution in [0.15, 0.2) is 0 Å². The fourth-order valence-corrected chi connectivity index (χ4v) is 5.74. The summed E-state index contributed by atoms with van der Waals surface area (Å²) in [6.07, 6.45) is -1.79. The summed E-state index contributed by atoms with van der Waals surface area (Å²) < 4.78 is 26.2. The molecule has 0 radical (unpaired) electrons. The summed E-state index contributed by atoms with van der Waals surface area (Å²) in [6, 6.07) is -0.583. The second-order valence-corrected chi connectivity index (χ2v) is 8.93. The van der Waals surface area contributed by atoms with Crippen molar-refractivity contribution < 1.29 is 38.4 Å². The van der Waals surface area contributed by atoms with E-state index in [2.05, 4.69) is 5.32 Å². The molecule has 1 aliphatic heterocycles. The Balaban J connectivity index is 3.03. The Morgan fingerprint density at radius 2 is 1.71 bits per heavy atom. The Morgan fingerprint density at radius 3 is 2.25 bits per heavy atom. The molecule has 0 aromatic rings. The second kappa shape index (κ2) is 14.4. The van der Waals surface area contributed by atoms with Crippen LogP contribution in [0, 0.1) is 0 Å². The third kappa shape index (κ3) is 9.29. The summed E-state index contributed by atoms with van der Waals surface area (Å²) in [6.45, 7) is 2.36. The lowest BCUT2D eigenvalue weighted by atomic mass is 10.0. The van der Waals surface area contributed by atoms with Gasteiger partial charge in [-0.15, -0.1) is 23.5 Å². The summed E-state index contributed by atoms with van der Waals surface area (Å²) in [7, 11) is 2.92. The zero-order chi connectivity index (χ0) is 20.9. The molecule has 164 valence electrons. The summed E-state index contributed by atoms with van der Waals surface area (Å²) in [5.41, 5.74) is 0. The molecule has 0 aliphatic carbocycles. The molecule has 2 N–H and O–H groups in total. The molecule has 0 spiro atoms. The standard InChI is InChI=1S/C17H31NO8S2/c1-11(19)18-14(17-27-6-5-7-28-17)15(21)16(26-10-23-4)13(25-9-22-3)8-24-12(2)20/h13-17,21H,5-10H2,1-4H3,(H,18,19)/t13-,14-,15-,16-/m1/s1. The molecule has 1 fully saturated rings. The van der Waals surface area contributed by atoms with Gasteiger partial charge in [-0.3, -0.25) is 9.59 Å². The highest BCUT2D eigenvalue weighted by atomic mass is 32.2.